The van der Waals surface area contributed by atoms with Crippen molar-refractivity contribution < 1.29 is 9.53 Å². The van der Waals surface area contributed by atoms with Gasteiger partial charge in [-0.3, -0.25) is 4.79 Å². The van der Waals surface area contributed by atoms with Crippen molar-refractivity contribution in [3.05, 3.63) is 30.3 Å². The number of carbonyl (C=O) groups excluding carboxylic acids is 1. The van der Waals surface area contributed by atoms with Crippen LogP contribution < -0.4 is 4.90 Å². The average Bonchev–Trinajstić information content (AvgIpc) is 2.29. The minimum atomic E-state index is -0.133. The van der Waals surface area contributed by atoms with Crippen LogP contribution >= 0.6 is 22.6 Å². The maximum absolute atomic E-state index is 11.3. The molecule has 0 aromatic heterocycles. The molecule has 1 atom stereocenters. The Morgan fingerprint density at radius 1 is 1.40 bits per heavy atom. The Morgan fingerprint density at radius 3 is 2.80 bits per heavy atom. The second kappa shape index (κ2) is 4.83. The van der Waals surface area contributed by atoms with E-state index in [4.69, 9.17) is 4.74 Å². The fourth-order valence-corrected chi connectivity index (χ4v) is 2.10. The molecule has 1 aromatic rings. The third kappa shape index (κ3) is 2.62. The third-order valence-corrected chi connectivity index (χ3v) is 3.32. The molecule has 1 aromatic carbocycles. The molecule has 1 fully saturated rings. The highest BCUT2D eigenvalue weighted by Gasteiger charge is 2.25. The summed E-state index contributed by atoms with van der Waals surface area (Å²) < 4.78 is 6.04. The van der Waals surface area contributed by atoms with E-state index in [2.05, 4.69) is 27.5 Å². The quantitative estimate of drug-likeness (QED) is 0.474. The summed E-state index contributed by atoms with van der Waals surface area (Å²) in [5.41, 5.74) is 1.09. The van der Waals surface area contributed by atoms with Gasteiger partial charge in [0.15, 0.2) is 0 Å². The van der Waals surface area contributed by atoms with Crippen molar-refractivity contribution in [3.8, 4) is 0 Å². The summed E-state index contributed by atoms with van der Waals surface area (Å²) >= 11 is 2.24. The molecule has 1 unspecified atom stereocenters. The maximum atomic E-state index is 11.3. The lowest BCUT2D eigenvalue weighted by molar-refractivity contribution is -0.148. The predicted octanol–water partition coefficient (Wildman–Crippen LogP) is 1.85. The van der Waals surface area contributed by atoms with Gasteiger partial charge in [-0.15, -0.1) is 0 Å². The first-order valence-electron chi connectivity index (χ1n) is 4.85. The van der Waals surface area contributed by atoms with Crippen molar-refractivity contribution >= 4 is 34.2 Å². The molecule has 4 heteroatoms. The van der Waals surface area contributed by atoms with Gasteiger partial charge in [0.1, 0.15) is 12.6 Å². The molecule has 0 amide bonds. The summed E-state index contributed by atoms with van der Waals surface area (Å²) in [6.07, 6.45) is 0.0204. The van der Waals surface area contributed by atoms with Crippen LogP contribution in [0.3, 0.4) is 0 Å². The number of hydrogen-bond acceptors (Lipinski definition) is 3. The lowest BCUT2D eigenvalue weighted by atomic mass is 10.2. The normalized spacial score (nSPS) is 21.3. The van der Waals surface area contributed by atoms with E-state index in [1.165, 1.54) is 0 Å². The maximum Gasteiger partial charge on any atom is 0.325 e. The highest BCUT2D eigenvalue weighted by atomic mass is 127. The molecule has 0 N–H and O–H groups in total. The molecule has 1 saturated heterocycles. The largest absolute Gasteiger partial charge is 0.458 e. The number of carbonyl (C=O) groups is 1. The lowest BCUT2D eigenvalue weighted by Crippen LogP contribution is -2.46. The molecule has 0 spiro atoms. The highest BCUT2D eigenvalue weighted by Crippen LogP contribution is 2.18. The zero-order valence-corrected chi connectivity index (χ0v) is 10.4. The first kappa shape index (κ1) is 10.7. The van der Waals surface area contributed by atoms with Gasteiger partial charge in [-0.25, -0.2) is 0 Å². The number of ether oxygens (including phenoxy) is 1. The van der Waals surface area contributed by atoms with E-state index < -0.39 is 0 Å². The topological polar surface area (TPSA) is 29.5 Å². The monoisotopic (exact) mass is 317 g/mol. The molecule has 1 aliphatic rings. The number of anilines is 1. The van der Waals surface area contributed by atoms with Crippen LogP contribution in [0.1, 0.15) is 0 Å². The van der Waals surface area contributed by atoms with Crippen molar-refractivity contribution in [1.82, 2.24) is 0 Å². The van der Waals surface area contributed by atoms with Crippen molar-refractivity contribution in [1.29, 1.82) is 0 Å². The van der Waals surface area contributed by atoms with E-state index in [1.54, 1.807) is 0 Å². The van der Waals surface area contributed by atoms with E-state index in [0.717, 1.165) is 16.7 Å². The zero-order valence-electron chi connectivity index (χ0n) is 8.23. The predicted molar refractivity (Wildman–Crippen MR) is 67.4 cm³/mol. The highest BCUT2D eigenvalue weighted by molar-refractivity contribution is 14.1. The van der Waals surface area contributed by atoms with Gasteiger partial charge in [0, 0.05) is 10.1 Å². The molecule has 0 aliphatic carbocycles. The SMILES string of the molecule is O=C1CN(c2ccccc2)CC(CI)O1. The van der Waals surface area contributed by atoms with Crippen molar-refractivity contribution in [2.45, 2.75) is 6.10 Å². The second-order valence-corrected chi connectivity index (χ2v) is 4.36. The number of rotatable bonds is 2. The van der Waals surface area contributed by atoms with E-state index in [9.17, 15) is 4.79 Å². The van der Waals surface area contributed by atoms with Crippen molar-refractivity contribution in [3.63, 3.8) is 0 Å². The minimum Gasteiger partial charge on any atom is -0.458 e. The van der Waals surface area contributed by atoms with Crippen LogP contribution in [0.15, 0.2) is 30.3 Å². The molecule has 3 nitrogen and oxygen atoms in total. The Bertz CT molecular complexity index is 342. The fraction of sp³-hybridized carbons (Fsp3) is 0.364. The van der Waals surface area contributed by atoms with E-state index in [-0.39, 0.29) is 12.1 Å². The number of cyclic esters (lactones) is 1. The summed E-state index contributed by atoms with van der Waals surface area (Å²) in [4.78, 5) is 13.4. The number of benzene rings is 1. The molecule has 0 bridgehead atoms. The number of nitrogens with zero attached hydrogens (tertiary/aromatic N) is 1. The van der Waals surface area contributed by atoms with Crippen molar-refractivity contribution in [2.24, 2.45) is 0 Å². The fourth-order valence-electron chi connectivity index (χ4n) is 1.64. The van der Waals surface area contributed by atoms with E-state index in [1.807, 2.05) is 30.3 Å². The summed E-state index contributed by atoms with van der Waals surface area (Å²) in [5.74, 6) is -0.133. The number of morpholine rings is 1. The standard InChI is InChI=1S/C11H12INO2/c12-6-10-7-13(8-11(14)15-10)9-4-2-1-3-5-9/h1-5,10H,6-8H2. The molecule has 2 rings (SSSR count). The van der Waals surface area contributed by atoms with Gasteiger partial charge in [-0.2, -0.15) is 0 Å². The molecule has 0 saturated carbocycles. The van der Waals surface area contributed by atoms with Crippen LogP contribution in [0.4, 0.5) is 5.69 Å². The molecule has 15 heavy (non-hydrogen) atoms. The van der Waals surface area contributed by atoms with Gasteiger partial charge in [0.05, 0.1) is 6.54 Å². The summed E-state index contributed by atoms with van der Waals surface area (Å²) in [7, 11) is 0. The lowest BCUT2D eigenvalue weighted by Gasteiger charge is -2.32. The van der Waals surface area contributed by atoms with Crippen LogP contribution in [0.25, 0.3) is 0 Å². The average molecular weight is 317 g/mol. The number of alkyl halides is 1. The molecular weight excluding hydrogens is 305 g/mol. The molecule has 1 aliphatic heterocycles. The van der Waals surface area contributed by atoms with Crippen molar-refractivity contribution in [2.75, 3.05) is 22.4 Å². The van der Waals surface area contributed by atoms with Crippen LogP contribution in [0.2, 0.25) is 0 Å². The molecule has 1 heterocycles. The van der Waals surface area contributed by atoms with Gasteiger partial charge >= 0.3 is 5.97 Å². The number of hydrogen-bond donors (Lipinski definition) is 0. The number of para-hydroxylation sites is 1. The zero-order chi connectivity index (χ0) is 10.7. The Kier molecular flexibility index (Phi) is 3.45. The van der Waals surface area contributed by atoms with Crippen LogP contribution in [0.5, 0.6) is 0 Å². The van der Waals surface area contributed by atoms with Gasteiger partial charge in [0.25, 0.3) is 0 Å². The third-order valence-electron chi connectivity index (χ3n) is 2.34. The first-order valence-corrected chi connectivity index (χ1v) is 6.37. The number of halogens is 1. The summed E-state index contributed by atoms with van der Waals surface area (Å²) in [6.45, 7) is 1.15. The van der Waals surface area contributed by atoms with Gasteiger partial charge in [-0.05, 0) is 12.1 Å². The number of esters is 1. The van der Waals surface area contributed by atoms with Gasteiger partial charge in [-0.1, -0.05) is 40.8 Å². The van der Waals surface area contributed by atoms with Gasteiger partial charge in [0.2, 0.25) is 0 Å². The Hall–Kier alpha value is -0.780. The summed E-state index contributed by atoms with van der Waals surface area (Å²) in [5, 5.41) is 0. The second-order valence-electron chi connectivity index (χ2n) is 3.48. The Morgan fingerprint density at radius 2 is 2.13 bits per heavy atom. The Balaban J connectivity index is 2.12. The first-order chi connectivity index (χ1) is 7.29. The molecule has 0 radical (unpaired) electrons. The van der Waals surface area contributed by atoms with E-state index in [0.29, 0.717) is 6.54 Å². The van der Waals surface area contributed by atoms with Gasteiger partial charge < -0.3 is 9.64 Å². The Labute approximate surface area is 103 Å². The van der Waals surface area contributed by atoms with Crippen LogP contribution in [-0.4, -0.2) is 29.6 Å². The smallest absolute Gasteiger partial charge is 0.325 e. The molecule has 80 valence electrons. The minimum absolute atomic E-state index is 0.0204. The molecular formula is C11H12INO2. The van der Waals surface area contributed by atoms with E-state index >= 15 is 0 Å². The summed E-state index contributed by atoms with van der Waals surface area (Å²) in [6, 6.07) is 9.97. The van der Waals surface area contributed by atoms with Crippen LogP contribution in [0, 0.1) is 0 Å². The van der Waals surface area contributed by atoms with Crippen LogP contribution in [-0.2, 0) is 9.53 Å².